The van der Waals surface area contributed by atoms with Gasteiger partial charge in [0, 0.05) is 13.2 Å². The van der Waals surface area contributed by atoms with E-state index in [0.717, 1.165) is 12.8 Å². The molecule has 0 amide bonds. The second-order valence-electron chi connectivity index (χ2n) is 3.80. The van der Waals surface area contributed by atoms with E-state index < -0.39 is 15.0 Å². The molecule has 0 radical (unpaired) electrons. The Bertz CT molecular complexity index is 266. The predicted molar refractivity (Wildman–Crippen MR) is 76.4 cm³/mol. The number of carbonyl (C=O) groups is 1. The van der Waals surface area contributed by atoms with E-state index >= 15 is 0 Å². The van der Waals surface area contributed by atoms with Gasteiger partial charge in [-0.3, -0.25) is 0 Å². The number of carbonyl (C=O) groups excluding carboxylic acids is 1. The van der Waals surface area contributed by atoms with E-state index in [1.165, 1.54) is 6.08 Å². The molecule has 0 bridgehead atoms. The van der Waals surface area contributed by atoms with Gasteiger partial charge in [0.2, 0.25) is 3.42 Å². The normalized spacial score (nSPS) is 15.1. The van der Waals surface area contributed by atoms with E-state index in [2.05, 4.69) is 45.4 Å². The number of esters is 1. The van der Waals surface area contributed by atoms with Crippen LogP contribution in [-0.4, -0.2) is 22.1 Å². The minimum Gasteiger partial charge on any atom is -0.451 e. The number of hydrogen-bond donors (Lipinski definition) is 0. The van der Waals surface area contributed by atoms with Crippen molar-refractivity contribution in [2.24, 2.45) is 0 Å². The molecule has 0 aliphatic heterocycles. The Kier molecular flexibility index (Phi) is 7.60. The predicted octanol–water partition coefficient (Wildman–Crippen LogP) is 4.14. The summed E-state index contributed by atoms with van der Waals surface area (Å²) in [5.41, 5.74) is -0.747. The average Bonchev–Trinajstić information content (AvgIpc) is 2.33. The molecule has 0 spiro atoms. The zero-order valence-electron chi connectivity index (χ0n) is 10.6. The van der Waals surface area contributed by atoms with E-state index in [9.17, 15) is 4.79 Å². The second-order valence-corrected chi connectivity index (χ2v) is 7.10. The van der Waals surface area contributed by atoms with Gasteiger partial charge in [0.05, 0.1) is 0 Å². The van der Waals surface area contributed by atoms with E-state index in [0.29, 0.717) is 12.8 Å². The Morgan fingerprint density at radius 2 is 2.00 bits per heavy atom. The van der Waals surface area contributed by atoms with Crippen LogP contribution >= 0.6 is 31.9 Å². The summed E-state index contributed by atoms with van der Waals surface area (Å²) in [4.78, 5) is 11.5. The highest BCUT2D eigenvalue weighted by atomic mass is 79.9. The maximum absolute atomic E-state index is 11.5. The van der Waals surface area contributed by atoms with Gasteiger partial charge in [-0.25, -0.2) is 4.79 Å². The summed E-state index contributed by atoms with van der Waals surface area (Å²) in [7, 11) is 1.56. The fourth-order valence-electron chi connectivity index (χ4n) is 1.59. The quantitative estimate of drug-likeness (QED) is 0.365. The lowest BCUT2D eigenvalue weighted by Gasteiger charge is -2.41. The summed E-state index contributed by atoms with van der Waals surface area (Å²) in [5.74, 6) is -0.441. The molecule has 0 aromatic carbocycles. The van der Waals surface area contributed by atoms with E-state index in [-0.39, 0.29) is 0 Å². The highest BCUT2D eigenvalue weighted by molar-refractivity contribution is 9.25. The maximum atomic E-state index is 11.5. The number of hydrogen-bond acceptors (Lipinski definition) is 3. The first-order valence-electron chi connectivity index (χ1n) is 5.67. The lowest BCUT2D eigenvalue weighted by Crippen LogP contribution is -2.50. The van der Waals surface area contributed by atoms with Gasteiger partial charge >= 0.3 is 5.97 Å². The third-order valence-electron chi connectivity index (χ3n) is 2.75. The van der Waals surface area contributed by atoms with Crippen molar-refractivity contribution in [2.45, 2.75) is 48.6 Å². The largest absolute Gasteiger partial charge is 0.451 e. The molecule has 5 heteroatoms. The van der Waals surface area contributed by atoms with Crippen LogP contribution in [0.25, 0.3) is 0 Å². The van der Waals surface area contributed by atoms with Gasteiger partial charge in [0.15, 0.2) is 5.60 Å². The summed E-state index contributed by atoms with van der Waals surface area (Å²) in [5, 5.41) is 0. The van der Waals surface area contributed by atoms with E-state index in [1.807, 2.05) is 6.92 Å². The van der Waals surface area contributed by atoms with Crippen LogP contribution < -0.4 is 0 Å². The van der Waals surface area contributed by atoms with E-state index in [4.69, 9.17) is 9.47 Å². The highest BCUT2D eigenvalue weighted by Gasteiger charge is 2.50. The van der Waals surface area contributed by atoms with Crippen molar-refractivity contribution < 1.29 is 14.3 Å². The first-order valence-corrected chi connectivity index (χ1v) is 7.26. The molecule has 1 unspecified atom stereocenters. The van der Waals surface area contributed by atoms with Crippen LogP contribution in [0.4, 0.5) is 0 Å². The summed E-state index contributed by atoms with van der Waals surface area (Å²) in [6.45, 7) is 7.47. The zero-order chi connectivity index (χ0) is 13.5. The van der Waals surface area contributed by atoms with Gasteiger partial charge in [0.1, 0.15) is 0 Å². The Balaban J connectivity index is 5.12. The molecule has 0 aliphatic carbocycles. The van der Waals surface area contributed by atoms with Crippen molar-refractivity contribution >= 4 is 37.8 Å². The Morgan fingerprint density at radius 3 is 2.35 bits per heavy atom. The van der Waals surface area contributed by atoms with Gasteiger partial charge in [-0.1, -0.05) is 26.8 Å². The molecular weight excluding hydrogens is 352 g/mol. The summed E-state index contributed by atoms with van der Waals surface area (Å²) >= 11 is 6.87. The van der Waals surface area contributed by atoms with Gasteiger partial charge in [-0.2, -0.15) is 0 Å². The molecule has 0 aliphatic rings. The molecule has 0 aromatic heterocycles. The van der Waals surface area contributed by atoms with Crippen LogP contribution in [0.3, 0.4) is 0 Å². The molecule has 3 nitrogen and oxygen atoms in total. The Labute approximate surface area is 120 Å². The number of halogens is 2. The fraction of sp³-hybridized carbons (Fsp3) is 0.750. The molecular formula is C12H20Br2O3. The number of alkyl halides is 2. The summed E-state index contributed by atoms with van der Waals surface area (Å²) in [6.07, 6.45) is 4.48. The SMILES string of the molecule is C=CC(=O)OC(CC)(CCCC)C(Br)(Br)OC. The van der Waals surface area contributed by atoms with Crippen LogP contribution in [0, 0.1) is 0 Å². The number of ether oxygens (including phenoxy) is 2. The maximum Gasteiger partial charge on any atom is 0.330 e. The zero-order valence-corrected chi connectivity index (χ0v) is 13.8. The first-order chi connectivity index (χ1) is 7.89. The van der Waals surface area contributed by atoms with Crippen molar-refractivity contribution in [1.29, 1.82) is 0 Å². The minimum absolute atomic E-state index is 0.441. The molecule has 0 saturated carbocycles. The molecule has 0 rings (SSSR count). The summed E-state index contributed by atoms with van der Waals surface area (Å²) < 4.78 is 10.00. The second kappa shape index (κ2) is 7.54. The topological polar surface area (TPSA) is 35.5 Å². The lowest BCUT2D eigenvalue weighted by atomic mass is 9.94. The minimum atomic E-state index is -0.879. The monoisotopic (exact) mass is 370 g/mol. The fourth-order valence-corrected chi connectivity index (χ4v) is 2.71. The van der Waals surface area contributed by atoms with Gasteiger partial charge in [-0.05, 0) is 51.1 Å². The van der Waals surface area contributed by atoms with Crippen molar-refractivity contribution in [1.82, 2.24) is 0 Å². The Hall–Kier alpha value is 0.130. The third kappa shape index (κ3) is 4.38. The third-order valence-corrected chi connectivity index (χ3v) is 4.85. The molecule has 0 fully saturated rings. The van der Waals surface area contributed by atoms with Gasteiger partial charge in [-0.15, -0.1) is 0 Å². The number of unbranched alkanes of at least 4 members (excludes halogenated alkanes) is 1. The van der Waals surface area contributed by atoms with Crippen molar-refractivity contribution in [3.05, 3.63) is 12.7 Å². The summed E-state index contributed by atoms with van der Waals surface area (Å²) in [6, 6.07) is 0. The van der Waals surface area contributed by atoms with E-state index in [1.54, 1.807) is 7.11 Å². The number of methoxy groups -OCH3 is 1. The van der Waals surface area contributed by atoms with Crippen molar-refractivity contribution in [3.63, 3.8) is 0 Å². The smallest absolute Gasteiger partial charge is 0.330 e. The van der Waals surface area contributed by atoms with Crippen LogP contribution in [-0.2, 0) is 14.3 Å². The number of rotatable bonds is 8. The molecule has 0 saturated heterocycles. The first kappa shape index (κ1) is 17.1. The highest BCUT2D eigenvalue weighted by Crippen LogP contribution is 2.46. The Morgan fingerprint density at radius 1 is 1.41 bits per heavy atom. The standard InChI is InChI=1S/C12H20Br2O3/c1-5-8-9-11(7-3,12(13,14)16-4)17-10(15)6-2/h6H,2,5,7-9H2,1,3-4H3. The van der Waals surface area contributed by atoms with Crippen LogP contribution in [0.15, 0.2) is 12.7 Å². The van der Waals surface area contributed by atoms with Gasteiger partial charge < -0.3 is 9.47 Å². The van der Waals surface area contributed by atoms with Crippen LogP contribution in [0.5, 0.6) is 0 Å². The van der Waals surface area contributed by atoms with Gasteiger partial charge in [0.25, 0.3) is 0 Å². The molecule has 0 N–H and O–H groups in total. The lowest BCUT2D eigenvalue weighted by molar-refractivity contribution is -0.166. The van der Waals surface area contributed by atoms with Crippen molar-refractivity contribution in [2.75, 3.05) is 7.11 Å². The molecule has 0 aromatic rings. The molecule has 100 valence electrons. The van der Waals surface area contributed by atoms with Crippen LogP contribution in [0.2, 0.25) is 0 Å². The average molecular weight is 372 g/mol. The molecule has 1 atom stereocenters. The van der Waals surface area contributed by atoms with Crippen molar-refractivity contribution in [3.8, 4) is 0 Å². The van der Waals surface area contributed by atoms with Crippen LogP contribution in [0.1, 0.15) is 39.5 Å². The molecule has 0 heterocycles. The molecule has 17 heavy (non-hydrogen) atoms.